The third-order valence-electron chi connectivity index (χ3n) is 3.86. The number of H-pyrrole nitrogens is 2. The summed E-state index contributed by atoms with van der Waals surface area (Å²) in [6, 6.07) is 1.32. The maximum atomic E-state index is 14.7. The number of halogens is 6. The van der Waals surface area contributed by atoms with E-state index in [-0.39, 0.29) is 16.5 Å². The molecular weight excluding hydrogens is 453 g/mol. The number of aromatic amines is 2. The van der Waals surface area contributed by atoms with Gasteiger partial charge in [-0.25, -0.2) is 9.37 Å². The number of amides is 1. The van der Waals surface area contributed by atoms with Crippen molar-refractivity contribution in [1.29, 1.82) is 0 Å². The molecule has 0 aliphatic heterocycles. The number of alkyl halides is 3. The number of anilines is 1. The van der Waals surface area contributed by atoms with Crippen molar-refractivity contribution in [3.8, 4) is 17.1 Å². The molecule has 0 aliphatic rings. The lowest BCUT2D eigenvalue weighted by Gasteiger charge is -2.15. The number of rotatable bonds is 5. The van der Waals surface area contributed by atoms with Crippen LogP contribution in [0.2, 0.25) is 5.15 Å². The average molecular weight is 464 g/mol. The Hall–Kier alpha value is -3.48. The van der Waals surface area contributed by atoms with Crippen molar-refractivity contribution in [3.63, 3.8) is 0 Å². The van der Waals surface area contributed by atoms with Crippen molar-refractivity contribution in [1.82, 2.24) is 20.2 Å². The van der Waals surface area contributed by atoms with Crippen LogP contribution < -0.4 is 15.6 Å². The van der Waals surface area contributed by atoms with E-state index in [0.29, 0.717) is 12.3 Å². The lowest BCUT2D eigenvalue weighted by molar-refractivity contribution is -0.153. The first kappa shape index (κ1) is 22.2. The number of hydrogen-bond acceptors (Lipinski definition) is 5. The molecule has 1 aromatic carbocycles. The van der Waals surface area contributed by atoms with Crippen LogP contribution in [0.1, 0.15) is 16.1 Å². The van der Waals surface area contributed by atoms with E-state index in [4.69, 9.17) is 11.6 Å². The smallest absolute Gasteiger partial charge is 0.422 e. The second kappa shape index (κ2) is 8.34. The number of aromatic nitrogens is 4. The van der Waals surface area contributed by atoms with Crippen LogP contribution in [0, 0.1) is 18.6 Å². The summed E-state index contributed by atoms with van der Waals surface area (Å²) in [5.74, 6) is -4.60. The summed E-state index contributed by atoms with van der Waals surface area (Å²) in [5.41, 5.74) is -2.06. The minimum Gasteiger partial charge on any atom is -0.483 e. The highest BCUT2D eigenvalue weighted by atomic mass is 35.5. The minimum atomic E-state index is -4.77. The van der Waals surface area contributed by atoms with Gasteiger partial charge in [-0.2, -0.15) is 22.7 Å². The van der Waals surface area contributed by atoms with Crippen LogP contribution in [0.25, 0.3) is 11.4 Å². The van der Waals surface area contributed by atoms with Gasteiger partial charge in [-0.1, -0.05) is 11.6 Å². The molecule has 0 aliphatic carbocycles. The van der Waals surface area contributed by atoms with E-state index in [9.17, 15) is 31.5 Å². The molecule has 3 aromatic rings. The van der Waals surface area contributed by atoms with Crippen LogP contribution in [0.3, 0.4) is 0 Å². The topological polar surface area (TPSA) is 113 Å². The molecule has 2 aromatic heterocycles. The number of nitrogens with zero attached hydrogens (tertiary/aromatic N) is 2. The standard InChI is InChI=1S/C17H11ClF5N5O3/c1-6-12(13(18)28-27-6)25-15(29)8-2-9(19)7(3-11(8)31-5-17(21,22)23)14-24-4-10(20)16(30)26-14/h2-4H,5H2,1H3,(H,25,29)(H,27,28)(H,24,26,30). The Morgan fingerprint density at radius 1 is 1.26 bits per heavy atom. The van der Waals surface area contributed by atoms with Crippen LogP contribution in [0.4, 0.5) is 27.6 Å². The molecule has 0 spiro atoms. The predicted octanol–water partition coefficient (Wildman–Crippen LogP) is 3.59. The van der Waals surface area contributed by atoms with E-state index in [2.05, 4.69) is 25.2 Å². The molecule has 0 bridgehead atoms. The number of benzene rings is 1. The summed E-state index contributed by atoms with van der Waals surface area (Å²) in [6.45, 7) is -0.309. The zero-order valence-corrected chi connectivity index (χ0v) is 16.1. The van der Waals surface area contributed by atoms with E-state index in [0.717, 1.165) is 6.07 Å². The second-order valence-electron chi connectivity index (χ2n) is 6.09. The Morgan fingerprint density at radius 3 is 2.55 bits per heavy atom. The Labute approximate surface area is 174 Å². The third-order valence-corrected chi connectivity index (χ3v) is 4.13. The van der Waals surface area contributed by atoms with Gasteiger partial charge in [0.1, 0.15) is 28.2 Å². The molecule has 3 N–H and O–H groups in total. The van der Waals surface area contributed by atoms with Gasteiger partial charge in [-0.15, -0.1) is 0 Å². The summed E-state index contributed by atoms with van der Waals surface area (Å²) in [4.78, 5) is 29.5. The van der Waals surface area contributed by atoms with Gasteiger partial charge in [-0.05, 0) is 19.1 Å². The van der Waals surface area contributed by atoms with E-state index >= 15 is 0 Å². The number of aryl methyl sites for hydroxylation is 1. The van der Waals surface area contributed by atoms with Gasteiger partial charge in [-0.3, -0.25) is 14.7 Å². The Morgan fingerprint density at radius 2 is 1.97 bits per heavy atom. The highest BCUT2D eigenvalue weighted by Gasteiger charge is 2.30. The SMILES string of the molecule is Cc1n[nH]c(Cl)c1NC(=O)c1cc(F)c(-c2ncc(F)c(=O)[nH]2)cc1OCC(F)(F)F. The quantitative estimate of drug-likeness (QED) is 0.500. The van der Waals surface area contributed by atoms with Crippen LogP contribution >= 0.6 is 11.6 Å². The molecule has 164 valence electrons. The van der Waals surface area contributed by atoms with Crippen LogP contribution in [-0.4, -0.2) is 38.9 Å². The summed E-state index contributed by atoms with van der Waals surface area (Å²) in [7, 11) is 0. The van der Waals surface area contributed by atoms with Crippen molar-refractivity contribution in [3.05, 3.63) is 56.7 Å². The van der Waals surface area contributed by atoms with E-state index < -0.39 is 58.6 Å². The fourth-order valence-electron chi connectivity index (χ4n) is 2.44. The molecular formula is C17H11ClF5N5O3. The van der Waals surface area contributed by atoms with Gasteiger partial charge in [0.25, 0.3) is 11.5 Å². The zero-order chi connectivity index (χ0) is 22.9. The monoisotopic (exact) mass is 463 g/mol. The van der Waals surface area contributed by atoms with E-state index in [1.165, 1.54) is 6.92 Å². The molecule has 0 saturated heterocycles. The lowest BCUT2D eigenvalue weighted by atomic mass is 10.1. The zero-order valence-electron chi connectivity index (χ0n) is 15.3. The highest BCUT2D eigenvalue weighted by Crippen LogP contribution is 2.31. The Balaban J connectivity index is 2.06. The first-order valence-electron chi connectivity index (χ1n) is 8.26. The van der Waals surface area contributed by atoms with Crippen molar-refractivity contribution < 1.29 is 31.5 Å². The summed E-state index contributed by atoms with van der Waals surface area (Å²) < 4.78 is 70.4. The second-order valence-corrected chi connectivity index (χ2v) is 6.47. The van der Waals surface area contributed by atoms with Gasteiger partial charge >= 0.3 is 6.18 Å². The molecule has 0 radical (unpaired) electrons. The van der Waals surface area contributed by atoms with Crippen molar-refractivity contribution >= 4 is 23.2 Å². The predicted molar refractivity (Wildman–Crippen MR) is 98.0 cm³/mol. The molecule has 0 saturated carbocycles. The van der Waals surface area contributed by atoms with Crippen LogP contribution in [-0.2, 0) is 0 Å². The number of carbonyl (C=O) groups is 1. The summed E-state index contributed by atoms with van der Waals surface area (Å²) in [6.07, 6.45) is -4.26. The average Bonchev–Trinajstić information content (AvgIpc) is 3.00. The van der Waals surface area contributed by atoms with Crippen molar-refractivity contribution in [2.75, 3.05) is 11.9 Å². The van der Waals surface area contributed by atoms with E-state index in [1.54, 1.807) is 0 Å². The Bertz CT molecular complexity index is 1190. The van der Waals surface area contributed by atoms with Gasteiger partial charge in [0, 0.05) is 0 Å². The van der Waals surface area contributed by atoms with Crippen molar-refractivity contribution in [2.45, 2.75) is 13.1 Å². The lowest BCUT2D eigenvalue weighted by Crippen LogP contribution is -2.22. The summed E-state index contributed by atoms with van der Waals surface area (Å²) >= 11 is 5.84. The minimum absolute atomic E-state index is 0.0301. The number of carbonyl (C=O) groups excluding carboxylic acids is 1. The highest BCUT2D eigenvalue weighted by molar-refractivity contribution is 6.33. The Kier molecular flexibility index (Phi) is 5.97. The van der Waals surface area contributed by atoms with Gasteiger partial charge in [0.05, 0.1) is 23.0 Å². The normalized spacial score (nSPS) is 11.5. The fraction of sp³-hybridized carbons (Fsp3) is 0.176. The maximum absolute atomic E-state index is 14.7. The molecule has 0 fully saturated rings. The molecule has 3 rings (SSSR count). The fourth-order valence-corrected chi connectivity index (χ4v) is 2.66. The molecule has 2 heterocycles. The number of nitrogens with one attached hydrogen (secondary N) is 3. The van der Waals surface area contributed by atoms with E-state index in [1.807, 2.05) is 4.98 Å². The summed E-state index contributed by atoms with van der Waals surface area (Å²) in [5, 5.41) is 8.36. The first-order chi connectivity index (χ1) is 14.5. The molecule has 0 atom stereocenters. The number of ether oxygens (including phenoxy) is 1. The van der Waals surface area contributed by atoms with Gasteiger partial charge in [0.2, 0.25) is 5.82 Å². The van der Waals surface area contributed by atoms with Gasteiger partial charge < -0.3 is 15.0 Å². The van der Waals surface area contributed by atoms with Crippen LogP contribution in [0.5, 0.6) is 5.75 Å². The van der Waals surface area contributed by atoms with Crippen LogP contribution in [0.15, 0.2) is 23.1 Å². The third kappa shape index (κ3) is 4.99. The molecule has 14 heteroatoms. The largest absolute Gasteiger partial charge is 0.483 e. The molecule has 0 unspecified atom stereocenters. The molecule has 1 amide bonds. The maximum Gasteiger partial charge on any atom is 0.422 e. The first-order valence-corrected chi connectivity index (χ1v) is 8.64. The number of hydrogen-bond donors (Lipinski definition) is 3. The van der Waals surface area contributed by atoms with Gasteiger partial charge in [0.15, 0.2) is 6.61 Å². The molecule has 8 nitrogen and oxygen atoms in total. The molecule has 31 heavy (non-hydrogen) atoms. The van der Waals surface area contributed by atoms with Crippen molar-refractivity contribution in [2.24, 2.45) is 0 Å².